The van der Waals surface area contributed by atoms with Crippen LogP contribution in [0.2, 0.25) is 0 Å². The third kappa shape index (κ3) is 2.36. The number of benzene rings is 1. The second-order valence-corrected chi connectivity index (χ2v) is 3.95. The summed E-state index contributed by atoms with van der Waals surface area (Å²) in [7, 11) is 1.26. The maximum atomic E-state index is 11.1. The quantitative estimate of drug-likeness (QED) is 0.635. The molecule has 0 aliphatic rings. The largest absolute Gasteiger partial charge is 0.508 e. The van der Waals surface area contributed by atoms with Crippen LogP contribution in [0.4, 0.5) is 0 Å². The van der Waals surface area contributed by atoms with E-state index in [0.29, 0.717) is 5.56 Å². The number of phenols is 1. The third-order valence-electron chi connectivity index (χ3n) is 1.78. The van der Waals surface area contributed by atoms with Gasteiger partial charge in [-0.15, -0.1) is 0 Å². The van der Waals surface area contributed by atoms with Gasteiger partial charge in [0.1, 0.15) is 11.8 Å². The smallest absolute Gasteiger partial charge is 0.327 e. The summed E-state index contributed by atoms with van der Waals surface area (Å²) in [6.45, 7) is 0. The maximum Gasteiger partial charge on any atom is 0.327 e. The van der Waals surface area contributed by atoms with Gasteiger partial charge in [0.05, 0.1) is 7.11 Å². The van der Waals surface area contributed by atoms with Crippen molar-refractivity contribution >= 4 is 28.6 Å². The summed E-state index contributed by atoms with van der Waals surface area (Å²) in [5, 5.41) is 9.46. The van der Waals surface area contributed by atoms with Crippen LogP contribution >= 0.6 is 22.6 Å². The number of rotatable bonds is 2. The second-order valence-electron chi connectivity index (χ2n) is 2.70. The summed E-state index contributed by atoms with van der Waals surface area (Å²) in [6, 6.07) is 3.94. The fourth-order valence-electron chi connectivity index (χ4n) is 1.03. The van der Waals surface area contributed by atoms with Gasteiger partial charge in [-0.3, -0.25) is 4.79 Å². The lowest BCUT2D eigenvalue weighted by molar-refractivity contribution is -0.142. The lowest BCUT2D eigenvalue weighted by atomic mass is 10.1. The van der Waals surface area contributed by atoms with Gasteiger partial charge in [0, 0.05) is 9.13 Å². The highest BCUT2D eigenvalue weighted by molar-refractivity contribution is 14.1. The Hall–Kier alpha value is -0.820. The number of methoxy groups -OCH3 is 1. The van der Waals surface area contributed by atoms with Crippen molar-refractivity contribution in [1.82, 2.24) is 0 Å². The number of aromatic hydroxyl groups is 1. The SMILES string of the molecule is COC(=O)[C@@H](N)c1cc(I)ccc1O. The number of hydrogen-bond donors (Lipinski definition) is 2. The average Bonchev–Trinajstić information content (AvgIpc) is 2.19. The third-order valence-corrected chi connectivity index (χ3v) is 2.45. The molecule has 0 saturated heterocycles. The van der Waals surface area contributed by atoms with Crippen molar-refractivity contribution in [2.75, 3.05) is 7.11 Å². The Morgan fingerprint density at radius 2 is 2.29 bits per heavy atom. The predicted molar refractivity (Wildman–Crippen MR) is 59.8 cm³/mol. The molecule has 0 spiro atoms. The summed E-state index contributed by atoms with van der Waals surface area (Å²) < 4.78 is 5.38. The van der Waals surface area contributed by atoms with Crippen molar-refractivity contribution in [2.45, 2.75) is 6.04 Å². The molecule has 5 heteroatoms. The minimum Gasteiger partial charge on any atom is -0.508 e. The zero-order chi connectivity index (χ0) is 10.7. The molecule has 14 heavy (non-hydrogen) atoms. The predicted octanol–water partition coefficient (Wildman–Crippen LogP) is 1.17. The van der Waals surface area contributed by atoms with Crippen molar-refractivity contribution in [3.63, 3.8) is 0 Å². The first-order valence-electron chi connectivity index (χ1n) is 3.88. The Morgan fingerprint density at radius 3 is 2.86 bits per heavy atom. The summed E-state index contributed by atoms with van der Waals surface area (Å²) >= 11 is 2.07. The van der Waals surface area contributed by atoms with Crippen molar-refractivity contribution in [3.8, 4) is 5.75 Å². The molecule has 0 aromatic heterocycles. The van der Waals surface area contributed by atoms with E-state index in [1.54, 1.807) is 12.1 Å². The molecule has 0 heterocycles. The lowest BCUT2D eigenvalue weighted by Gasteiger charge is -2.11. The molecule has 1 rings (SSSR count). The molecule has 0 bridgehead atoms. The first kappa shape index (κ1) is 11.3. The molecule has 0 radical (unpaired) electrons. The fourth-order valence-corrected chi connectivity index (χ4v) is 1.54. The van der Waals surface area contributed by atoms with E-state index in [1.807, 2.05) is 0 Å². The fraction of sp³-hybridized carbons (Fsp3) is 0.222. The standard InChI is InChI=1S/C9H10INO3/c1-14-9(13)8(11)6-4-5(10)2-3-7(6)12/h2-4,8,12H,11H2,1H3/t8-/m0/s1. The van der Waals surface area contributed by atoms with Gasteiger partial charge in [-0.05, 0) is 40.8 Å². The Morgan fingerprint density at radius 1 is 1.64 bits per heavy atom. The molecule has 1 atom stereocenters. The van der Waals surface area contributed by atoms with Crippen LogP contribution in [0.15, 0.2) is 18.2 Å². The van der Waals surface area contributed by atoms with Gasteiger partial charge in [-0.2, -0.15) is 0 Å². The summed E-state index contributed by atoms with van der Waals surface area (Å²) in [5.74, 6) is -0.564. The number of nitrogens with two attached hydrogens (primary N) is 1. The Labute approximate surface area is 95.2 Å². The molecule has 0 aliphatic heterocycles. The number of phenolic OH excluding ortho intramolecular Hbond substituents is 1. The maximum absolute atomic E-state index is 11.1. The van der Waals surface area contributed by atoms with Crippen LogP contribution in [-0.4, -0.2) is 18.2 Å². The molecule has 4 nitrogen and oxygen atoms in total. The highest BCUT2D eigenvalue weighted by Crippen LogP contribution is 2.25. The normalized spacial score (nSPS) is 12.2. The molecule has 1 aromatic carbocycles. The highest BCUT2D eigenvalue weighted by Gasteiger charge is 2.19. The topological polar surface area (TPSA) is 72.5 Å². The van der Waals surface area contributed by atoms with E-state index in [9.17, 15) is 9.90 Å². The molecule has 3 N–H and O–H groups in total. The molecule has 76 valence electrons. The number of hydrogen-bond acceptors (Lipinski definition) is 4. The Kier molecular flexibility index (Phi) is 3.70. The van der Waals surface area contributed by atoms with Crippen LogP contribution in [0.5, 0.6) is 5.75 Å². The lowest BCUT2D eigenvalue weighted by Crippen LogP contribution is -2.22. The Bertz CT molecular complexity index is 354. The van der Waals surface area contributed by atoms with Crippen molar-refractivity contribution in [1.29, 1.82) is 0 Å². The molecule has 0 amide bonds. The van der Waals surface area contributed by atoms with E-state index in [4.69, 9.17) is 5.73 Å². The van der Waals surface area contributed by atoms with E-state index in [-0.39, 0.29) is 5.75 Å². The number of ether oxygens (including phenoxy) is 1. The molecular formula is C9H10INO3. The van der Waals surface area contributed by atoms with E-state index in [0.717, 1.165) is 3.57 Å². The van der Waals surface area contributed by atoms with Gasteiger partial charge < -0.3 is 15.6 Å². The molecule has 0 fully saturated rings. The van der Waals surface area contributed by atoms with Gasteiger partial charge >= 0.3 is 5.97 Å². The van der Waals surface area contributed by atoms with E-state index < -0.39 is 12.0 Å². The first-order valence-corrected chi connectivity index (χ1v) is 4.96. The molecule has 0 unspecified atom stereocenters. The second kappa shape index (κ2) is 4.61. The van der Waals surface area contributed by atoms with Crippen LogP contribution in [0.25, 0.3) is 0 Å². The van der Waals surface area contributed by atoms with Crippen LogP contribution in [-0.2, 0) is 9.53 Å². The van der Waals surface area contributed by atoms with Crippen LogP contribution in [0, 0.1) is 3.57 Å². The van der Waals surface area contributed by atoms with E-state index in [1.165, 1.54) is 13.2 Å². The van der Waals surface area contributed by atoms with Crippen molar-refractivity contribution < 1.29 is 14.6 Å². The molecule has 0 saturated carbocycles. The highest BCUT2D eigenvalue weighted by atomic mass is 127. The van der Waals surface area contributed by atoms with E-state index in [2.05, 4.69) is 27.3 Å². The Balaban J connectivity index is 3.05. The number of esters is 1. The zero-order valence-electron chi connectivity index (χ0n) is 7.53. The molecule has 0 aliphatic carbocycles. The van der Waals surface area contributed by atoms with Gasteiger partial charge in [0.25, 0.3) is 0 Å². The van der Waals surface area contributed by atoms with Crippen LogP contribution < -0.4 is 5.73 Å². The average molecular weight is 307 g/mol. The number of carbonyl (C=O) groups excluding carboxylic acids is 1. The summed E-state index contributed by atoms with van der Waals surface area (Å²) in [5.41, 5.74) is 5.96. The van der Waals surface area contributed by atoms with Crippen molar-refractivity contribution in [3.05, 3.63) is 27.3 Å². The summed E-state index contributed by atoms with van der Waals surface area (Å²) in [4.78, 5) is 11.1. The minimum atomic E-state index is -0.935. The van der Waals surface area contributed by atoms with E-state index >= 15 is 0 Å². The van der Waals surface area contributed by atoms with Gasteiger partial charge in [0.2, 0.25) is 0 Å². The number of halogens is 1. The molecule has 1 aromatic rings. The van der Waals surface area contributed by atoms with Crippen LogP contribution in [0.3, 0.4) is 0 Å². The zero-order valence-corrected chi connectivity index (χ0v) is 9.69. The minimum absolute atomic E-state index is 0.00307. The van der Waals surface area contributed by atoms with Gasteiger partial charge in [-0.1, -0.05) is 0 Å². The first-order chi connectivity index (χ1) is 6.56. The monoisotopic (exact) mass is 307 g/mol. The van der Waals surface area contributed by atoms with Gasteiger partial charge in [0.15, 0.2) is 0 Å². The van der Waals surface area contributed by atoms with Gasteiger partial charge in [-0.25, -0.2) is 0 Å². The number of carbonyl (C=O) groups is 1. The summed E-state index contributed by atoms with van der Waals surface area (Å²) in [6.07, 6.45) is 0. The molecular weight excluding hydrogens is 297 g/mol. The van der Waals surface area contributed by atoms with Crippen LogP contribution in [0.1, 0.15) is 11.6 Å². The van der Waals surface area contributed by atoms with Crippen molar-refractivity contribution in [2.24, 2.45) is 5.73 Å².